The maximum atomic E-state index is 13.5. The van der Waals surface area contributed by atoms with Crippen LogP contribution in [0.5, 0.6) is 5.75 Å². The third-order valence-corrected chi connectivity index (χ3v) is 6.34. The summed E-state index contributed by atoms with van der Waals surface area (Å²) in [7, 11) is 1.62. The summed E-state index contributed by atoms with van der Waals surface area (Å²) in [6, 6.07) is 12.2. The zero-order valence-electron chi connectivity index (χ0n) is 18.9. The maximum Gasteiger partial charge on any atom is 0.289 e. The number of imidazole rings is 1. The number of aryl methyl sites for hydroxylation is 1. The van der Waals surface area contributed by atoms with E-state index in [4.69, 9.17) is 9.47 Å². The summed E-state index contributed by atoms with van der Waals surface area (Å²) in [5.41, 5.74) is 3.15. The highest BCUT2D eigenvalue weighted by Gasteiger charge is 2.53. The van der Waals surface area contributed by atoms with Gasteiger partial charge in [-0.15, -0.1) is 0 Å². The fourth-order valence-corrected chi connectivity index (χ4v) is 4.54. The maximum absolute atomic E-state index is 13.5. The number of amides is 1. The minimum absolute atomic E-state index is 0.150. The van der Waals surface area contributed by atoms with Crippen LogP contribution >= 0.6 is 0 Å². The van der Waals surface area contributed by atoms with E-state index >= 15 is 0 Å². The largest absolute Gasteiger partial charge is 0.495 e. The third kappa shape index (κ3) is 3.88. The number of halogens is 1. The molecule has 1 aliphatic heterocycles. The molecule has 0 spiro atoms. The Balaban J connectivity index is 1.46. The van der Waals surface area contributed by atoms with Crippen molar-refractivity contribution < 1.29 is 18.7 Å². The van der Waals surface area contributed by atoms with E-state index in [1.165, 1.54) is 12.1 Å². The molecule has 2 fully saturated rings. The SMILES string of the molecule is COc1cc(C=C2O[C@@H](C)CN(C3(c4ccc(F)cc4)CC3)C2=O)ccc1-n1cnc(C)c1. The Kier molecular flexibility index (Phi) is 5.19. The summed E-state index contributed by atoms with van der Waals surface area (Å²) < 4.78 is 26.9. The number of hydrogen-bond acceptors (Lipinski definition) is 4. The van der Waals surface area contributed by atoms with Crippen molar-refractivity contribution in [3.05, 3.63) is 83.4 Å². The summed E-state index contributed by atoms with van der Waals surface area (Å²) in [6.07, 6.45) is 6.99. The summed E-state index contributed by atoms with van der Waals surface area (Å²) >= 11 is 0. The normalized spacial score (nSPS) is 20.6. The molecule has 1 aromatic heterocycles. The number of nitrogens with zero attached hydrogens (tertiary/aromatic N) is 3. The molecule has 7 heteroatoms. The highest BCUT2D eigenvalue weighted by atomic mass is 19.1. The van der Waals surface area contributed by atoms with Crippen molar-refractivity contribution in [3.8, 4) is 11.4 Å². The second kappa shape index (κ2) is 8.06. The first-order chi connectivity index (χ1) is 15.9. The Morgan fingerprint density at radius 3 is 2.61 bits per heavy atom. The van der Waals surface area contributed by atoms with E-state index in [0.29, 0.717) is 18.1 Å². The number of aromatic nitrogens is 2. The molecule has 0 radical (unpaired) electrons. The van der Waals surface area contributed by atoms with E-state index in [9.17, 15) is 9.18 Å². The van der Waals surface area contributed by atoms with Crippen LogP contribution in [0.3, 0.4) is 0 Å². The molecule has 1 atom stereocenters. The average Bonchev–Trinajstić information content (AvgIpc) is 3.50. The number of benzene rings is 2. The zero-order valence-corrected chi connectivity index (χ0v) is 18.9. The predicted molar refractivity (Wildman–Crippen MR) is 122 cm³/mol. The van der Waals surface area contributed by atoms with Crippen molar-refractivity contribution in [2.24, 2.45) is 0 Å². The number of methoxy groups -OCH3 is 1. The Labute approximate surface area is 192 Å². The lowest BCUT2D eigenvalue weighted by Crippen LogP contribution is -2.49. The number of ether oxygens (including phenoxy) is 2. The highest BCUT2D eigenvalue weighted by molar-refractivity contribution is 5.97. The molecule has 170 valence electrons. The Morgan fingerprint density at radius 2 is 1.97 bits per heavy atom. The van der Waals surface area contributed by atoms with E-state index in [-0.39, 0.29) is 23.4 Å². The third-order valence-electron chi connectivity index (χ3n) is 6.34. The van der Waals surface area contributed by atoms with Crippen LogP contribution in [0.4, 0.5) is 4.39 Å². The minimum Gasteiger partial charge on any atom is -0.495 e. The van der Waals surface area contributed by atoms with E-state index in [0.717, 1.165) is 35.3 Å². The molecule has 1 aliphatic carbocycles. The van der Waals surface area contributed by atoms with Crippen LogP contribution in [0.2, 0.25) is 0 Å². The van der Waals surface area contributed by atoms with Crippen LogP contribution < -0.4 is 4.74 Å². The first-order valence-corrected chi connectivity index (χ1v) is 11.0. The van der Waals surface area contributed by atoms with Gasteiger partial charge in [-0.2, -0.15) is 0 Å². The van der Waals surface area contributed by atoms with Gasteiger partial charge in [0.2, 0.25) is 0 Å². The van der Waals surface area contributed by atoms with Gasteiger partial charge in [-0.05, 0) is 68.2 Å². The van der Waals surface area contributed by atoms with Gasteiger partial charge in [0.1, 0.15) is 17.7 Å². The van der Waals surface area contributed by atoms with Crippen molar-refractivity contribution >= 4 is 12.0 Å². The van der Waals surface area contributed by atoms with Gasteiger partial charge in [-0.1, -0.05) is 18.2 Å². The van der Waals surface area contributed by atoms with Gasteiger partial charge < -0.3 is 18.9 Å². The van der Waals surface area contributed by atoms with Gasteiger partial charge in [-0.3, -0.25) is 4.79 Å². The van der Waals surface area contributed by atoms with Gasteiger partial charge in [0.05, 0.1) is 36.9 Å². The number of hydrogen-bond donors (Lipinski definition) is 0. The van der Waals surface area contributed by atoms with Crippen LogP contribution in [0, 0.1) is 12.7 Å². The molecule has 0 bridgehead atoms. The van der Waals surface area contributed by atoms with Crippen molar-refractivity contribution in [2.45, 2.75) is 38.3 Å². The zero-order chi connectivity index (χ0) is 23.2. The van der Waals surface area contributed by atoms with E-state index in [1.807, 2.05) is 47.7 Å². The molecular weight excluding hydrogens is 421 g/mol. The standard InChI is InChI=1S/C26H26FN3O3/c1-17-14-29(16-28-17)22-9-4-19(12-23(22)32-3)13-24-25(31)30(15-18(2)33-24)26(10-11-26)20-5-7-21(27)8-6-20/h4-9,12-14,16,18H,10-11,15H2,1-3H3/t18-/m0/s1. The lowest BCUT2D eigenvalue weighted by atomic mass is 10.0. The topological polar surface area (TPSA) is 56.6 Å². The van der Waals surface area contributed by atoms with Gasteiger partial charge in [0, 0.05) is 6.20 Å². The lowest BCUT2D eigenvalue weighted by molar-refractivity contribution is -0.143. The first-order valence-electron chi connectivity index (χ1n) is 11.0. The van der Waals surface area contributed by atoms with E-state index in [2.05, 4.69) is 4.98 Å². The number of rotatable bonds is 5. The molecule has 1 amide bonds. The van der Waals surface area contributed by atoms with Crippen LogP contribution in [-0.2, 0) is 15.1 Å². The minimum atomic E-state index is -0.386. The molecule has 2 heterocycles. The Bertz CT molecular complexity index is 1230. The monoisotopic (exact) mass is 447 g/mol. The van der Waals surface area contributed by atoms with E-state index in [1.54, 1.807) is 31.6 Å². The van der Waals surface area contributed by atoms with Crippen molar-refractivity contribution in [1.82, 2.24) is 14.5 Å². The van der Waals surface area contributed by atoms with Gasteiger partial charge in [0.15, 0.2) is 5.76 Å². The predicted octanol–water partition coefficient (Wildman–Crippen LogP) is 4.61. The van der Waals surface area contributed by atoms with Gasteiger partial charge in [0.25, 0.3) is 5.91 Å². The summed E-state index contributed by atoms with van der Waals surface area (Å²) in [5, 5.41) is 0. The van der Waals surface area contributed by atoms with Crippen molar-refractivity contribution in [1.29, 1.82) is 0 Å². The van der Waals surface area contributed by atoms with Crippen LogP contribution in [0.25, 0.3) is 11.8 Å². The van der Waals surface area contributed by atoms with Crippen LogP contribution in [0.1, 0.15) is 36.6 Å². The quantitative estimate of drug-likeness (QED) is 0.536. The fourth-order valence-electron chi connectivity index (χ4n) is 4.54. The Morgan fingerprint density at radius 1 is 1.21 bits per heavy atom. The average molecular weight is 448 g/mol. The van der Waals surface area contributed by atoms with Crippen LogP contribution in [-0.4, -0.2) is 40.1 Å². The second-order valence-corrected chi connectivity index (χ2v) is 8.74. The van der Waals surface area contributed by atoms with Crippen molar-refractivity contribution in [3.63, 3.8) is 0 Å². The summed E-state index contributed by atoms with van der Waals surface area (Å²) in [4.78, 5) is 19.6. The lowest BCUT2D eigenvalue weighted by Gasteiger charge is -2.39. The molecule has 33 heavy (non-hydrogen) atoms. The fraction of sp³-hybridized carbons (Fsp3) is 0.308. The number of carbonyl (C=O) groups excluding carboxylic acids is 1. The smallest absolute Gasteiger partial charge is 0.289 e. The van der Waals surface area contributed by atoms with Gasteiger partial charge >= 0.3 is 0 Å². The van der Waals surface area contributed by atoms with Gasteiger partial charge in [-0.25, -0.2) is 9.37 Å². The Hall–Kier alpha value is -3.61. The first kappa shape index (κ1) is 21.2. The molecule has 6 nitrogen and oxygen atoms in total. The second-order valence-electron chi connectivity index (χ2n) is 8.74. The molecule has 1 saturated carbocycles. The molecular formula is C26H26FN3O3. The molecule has 3 aromatic rings. The summed E-state index contributed by atoms with van der Waals surface area (Å²) in [5.74, 6) is 0.540. The molecule has 0 unspecified atom stereocenters. The summed E-state index contributed by atoms with van der Waals surface area (Å²) in [6.45, 7) is 4.38. The molecule has 5 rings (SSSR count). The molecule has 0 N–H and O–H groups in total. The van der Waals surface area contributed by atoms with Crippen molar-refractivity contribution in [2.75, 3.05) is 13.7 Å². The number of carbonyl (C=O) groups is 1. The molecule has 1 saturated heterocycles. The molecule has 2 aromatic carbocycles. The number of morpholine rings is 1. The highest BCUT2D eigenvalue weighted by Crippen LogP contribution is 2.52. The molecule has 2 aliphatic rings. The van der Waals surface area contributed by atoms with E-state index < -0.39 is 0 Å². The van der Waals surface area contributed by atoms with Crippen LogP contribution in [0.15, 0.2) is 60.7 Å².